The van der Waals surface area contributed by atoms with Gasteiger partial charge in [-0.05, 0) is 52.3 Å². The zero-order valence-electron chi connectivity index (χ0n) is 16.0. The molecule has 4 aromatic rings. The van der Waals surface area contributed by atoms with Crippen molar-refractivity contribution in [1.29, 1.82) is 0 Å². The lowest BCUT2D eigenvalue weighted by Gasteiger charge is -2.06. The fraction of sp³-hybridized carbons (Fsp3) is 0.0909. The molecule has 2 aromatic heterocycles. The number of rotatable bonds is 7. The van der Waals surface area contributed by atoms with E-state index in [2.05, 4.69) is 26.3 Å². The van der Waals surface area contributed by atoms with Crippen LogP contribution >= 0.6 is 27.5 Å². The van der Waals surface area contributed by atoms with Crippen molar-refractivity contribution in [2.24, 2.45) is 0 Å². The number of halogens is 3. The molecule has 0 radical (unpaired) electrons. The second-order valence-corrected chi connectivity index (χ2v) is 7.83. The van der Waals surface area contributed by atoms with Crippen LogP contribution in [0, 0.1) is 5.82 Å². The molecule has 0 aliphatic carbocycles. The molecule has 0 spiro atoms. The number of furan rings is 1. The Morgan fingerprint density at radius 2 is 2.03 bits per heavy atom. The highest BCUT2D eigenvalue weighted by Gasteiger charge is 2.14. The van der Waals surface area contributed by atoms with E-state index in [9.17, 15) is 9.18 Å². The number of hydrogen-bond acceptors (Lipinski definition) is 4. The summed E-state index contributed by atoms with van der Waals surface area (Å²) in [6, 6.07) is 15.2. The molecule has 1 N–H and O–H groups in total. The Balaban J connectivity index is 1.36. The topological polar surface area (TPSA) is 69.3 Å². The molecule has 1 amide bonds. The number of aromatic nitrogens is 2. The van der Waals surface area contributed by atoms with Crippen molar-refractivity contribution >= 4 is 39.1 Å². The van der Waals surface area contributed by atoms with Crippen LogP contribution in [-0.4, -0.2) is 15.7 Å². The standard InChI is InChI=1S/C22H16BrClFN3O3/c23-17-4-1-2-7-20(17)30-13-15-8-9-21(31-15)22(29)27-14-10-26-28(11-14)12-16-18(24)5-3-6-19(16)25/h1-11H,12-13H2,(H,27,29). The third-order valence-electron chi connectivity index (χ3n) is 4.36. The Kier molecular flexibility index (Phi) is 6.39. The first-order valence-corrected chi connectivity index (χ1v) is 10.4. The highest BCUT2D eigenvalue weighted by molar-refractivity contribution is 9.10. The van der Waals surface area contributed by atoms with Gasteiger partial charge in [-0.3, -0.25) is 9.48 Å². The van der Waals surface area contributed by atoms with Crippen LogP contribution in [-0.2, 0) is 13.2 Å². The highest BCUT2D eigenvalue weighted by Crippen LogP contribution is 2.25. The Hall–Kier alpha value is -3.10. The number of nitrogens with zero attached hydrogens (tertiary/aromatic N) is 2. The van der Waals surface area contributed by atoms with Gasteiger partial charge in [0.1, 0.15) is 23.9 Å². The summed E-state index contributed by atoms with van der Waals surface area (Å²) >= 11 is 9.46. The van der Waals surface area contributed by atoms with E-state index in [0.29, 0.717) is 27.8 Å². The molecule has 0 fully saturated rings. The number of amides is 1. The summed E-state index contributed by atoms with van der Waals surface area (Å²) in [5, 5.41) is 7.15. The lowest BCUT2D eigenvalue weighted by molar-refractivity contribution is 0.0992. The van der Waals surface area contributed by atoms with Crippen molar-refractivity contribution in [2.75, 3.05) is 5.32 Å². The van der Waals surface area contributed by atoms with Gasteiger partial charge >= 0.3 is 0 Å². The second kappa shape index (κ2) is 9.36. The predicted octanol–water partition coefficient (Wildman–Crippen LogP) is 5.91. The van der Waals surface area contributed by atoms with Crippen LogP contribution in [0.2, 0.25) is 5.02 Å². The number of para-hydroxylation sites is 1. The Morgan fingerprint density at radius 3 is 2.84 bits per heavy atom. The molecule has 158 valence electrons. The smallest absolute Gasteiger partial charge is 0.291 e. The van der Waals surface area contributed by atoms with E-state index in [1.54, 1.807) is 24.4 Å². The molecule has 0 unspecified atom stereocenters. The van der Waals surface area contributed by atoms with Gasteiger partial charge in [0.25, 0.3) is 5.91 Å². The van der Waals surface area contributed by atoms with Crippen molar-refractivity contribution in [2.45, 2.75) is 13.2 Å². The maximum atomic E-state index is 13.9. The summed E-state index contributed by atoms with van der Waals surface area (Å²) in [6.07, 6.45) is 3.05. The van der Waals surface area contributed by atoms with E-state index < -0.39 is 11.7 Å². The fourth-order valence-electron chi connectivity index (χ4n) is 2.84. The summed E-state index contributed by atoms with van der Waals surface area (Å²) in [5.41, 5.74) is 0.769. The molecular formula is C22H16BrClFN3O3. The monoisotopic (exact) mass is 503 g/mol. The molecule has 0 aliphatic rings. The van der Waals surface area contributed by atoms with Crippen LogP contribution in [0.3, 0.4) is 0 Å². The molecule has 0 bridgehead atoms. The first kappa shape index (κ1) is 21.1. The third kappa shape index (κ3) is 5.15. The van der Waals surface area contributed by atoms with Crippen molar-refractivity contribution in [3.63, 3.8) is 0 Å². The summed E-state index contributed by atoms with van der Waals surface area (Å²) in [7, 11) is 0. The Labute approximate surface area is 190 Å². The molecule has 2 heterocycles. The number of ether oxygens (including phenoxy) is 1. The van der Waals surface area contributed by atoms with Gasteiger partial charge < -0.3 is 14.5 Å². The molecule has 0 saturated heterocycles. The predicted molar refractivity (Wildman–Crippen MR) is 118 cm³/mol. The van der Waals surface area contributed by atoms with Gasteiger partial charge in [-0.25, -0.2) is 4.39 Å². The first-order chi connectivity index (χ1) is 15.0. The number of hydrogen-bond donors (Lipinski definition) is 1. The van der Waals surface area contributed by atoms with Crippen LogP contribution in [0.1, 0.15) is 21.9 Å². The quantitative estimate of drug-likeness (QED) is 0.340. The number of benzene rings is 2. The van der Waals surface area contributed by atoms with Crippen molar-refractivity contribution in [1.82, 2.24) is 9.78 Å². The van der Waals surface area contributed by atoms with Gasteiger partial charge in [0.2, 0.25) is 0 Å². The minimum Gasteiger partial charge on any atom is -0.484 e. The number of anilines is 1. The van der Waals surface area contributed by atoms with Gasteiger partial charge in [0, 0.05) is 16.8 Å². The first-order valence-electron chi connectivity index (χ1n) is 9.22. The van der Waals surface area contributed by atoms with E-state index in [1.165, 1.54) is 23.0 Å². The van der Waals surface area contributed by atoms with Gasteiger partial charge in [-0.15, -0.1) is 0 Å². The average Bonchev–Trinajstić information content (AvgIpc) is 3.40. The molecule has 0 atom stereocenters. The van der Waals surface area contributed by atoms with E-state index in [-0.39, 0.29) is 18.9 Å². The molecule has 9 heteroatoms. The minimum absolute atomic E-state index is 0.135. The van der Waals surface area contributed by atoms with E-state index in [1.807, 2.05) is 24.3 Å². The minimum atomic E-state index is -0.435. The molecule has 31 heavy (non-hydrogen) atoms. The van der Waals surface area contributed by atoms with E-state index in [0.717, 1.165) is 4.47 Å². The van der Waals surface area contributed by atoms with Crippen LogP contribution in [0.25, 0.3) is 0 Å². The Bertz CT molecular complexity index is 1200. The average molecular weight is 505 g/mol. The molecular weight excluding hydrogens is 489 g/mol. The normalized spacial score (nSPS) is 10.8. The van der Waals surface area contributed by atoms with Crippen molar-refractivity contribution < 1.29 is 18.3 Å². The van der Waals surface area contributed by atoms with Crippen molar-refractivity contribution in [3.05, 3.63) is 99.4 Å². The van der Waals surface area contributed by atoms with Gasteiger partial charge in [0.15, 0.2) is 5.76 Å². The maximum absolute atomic E-state index is 13.9. The summed E-state index contributed by atoms with van der Waals surface area (Å²) in [5.74, 6) is 0.464. The van der Waals surface area contributed by atoms with Crippen LogP contribution in [0.4, 0.5) is 10.1 Å². The van der Waals surface area contributed by atoms with Crippen LogP contribution < -0.4 is 10.1 Å². The van der Waals surface area contributed by atoms with E-state index in [4.69, 9.17) is 20.8 Å². The van der Waals surface area contributed by atoms with Crippen LogP contribution in [0.15, 0.2) is 75.9 Å². The number of carbonyl (C=O) groups excluding carboxylic acids is 1. The molecule has 0 aliphatic heterocycles. The highest BCUT2D eigenvalue weighted by atomic mass is 79.9. The Morgan fingerprint density at radius 1 is 1.19 bits per heavy atom. The fourth-order valence-corrected chi connectivity index (χ4v) is 3.46. The number of carbonyl (C=O) groups is 1. The summed E-state index contributed by atoms with van der Waals surface area (Å²) in [6.45, 7) is 0.315. The number of nitrogens with one attached hydrogen (secondary N) is 1. The van der Waals surface area contributed by atoms with Gasteiger partial charge in [0.05, 0.1) is 22.9 Å². The van der Waals surface area contributed by atoms with E-state index >= 15 is 0 Å². The molecule has 4 rings (SSSR count). The third-order valence-corrected chi connectivity index (χ3v) is 5.37. The molecule has 2 aromatic carbocycles. The van der Waals surface area contributed by atoms with Gasteiger partial charge in [-0.2, -0.15) is 5.10 Å². The van der Waals surface area contributed by atoms with Crippen molar-refractivity contribution in [3.8, 4) is 5.75 Å². The maximum Gasteiger partial charge on any atom is 0.291 e. The lowest BCUT2D eigenvalue weighted by atomic mass is 10.2. The zero-order chi connectivity index (χ0) is 21.8. The summed E-state index contributed by atoms with van der Waals surface area (Å²) in [4.78, 5) is 12.5. The largest absolute Gasteiger partial charge is 0.484 e. The lowest BCUT2D eigenvalue weighted by Crippen LogP contribution is -2.10. The molecule has 6 nitrogen and oxygen atoms in total. The summed E-state index contributed by atoms with van der Waals surface area (Å²) < 4.78 is 27.5. The SMILES string of the molecule is O=C(Nc1cnn(Cc2c(F)cccc2Cl)c1)c1ccc(COc2ccccc2Br)o1. The van der Waals surface area contributed by atoms with Crippen LogP contribution in [0.5, 0.6) is 5.75 Å². The van der Waals surface area contributed by atoms with Gasteiger partial charge in [-0.1, -0.05) is 29.8 Å². The zero-order valence-corrected chi connectivity index (χ0v) is 18.4. The molecule has 0 saturated carbocycles. The second-order valence-electron chi connectivity index (χ2n) is 6.57.